The van der Waals surface area contributed by atoms with Crippen molar-refractivity contribution in [3.63, 3.8) is 0 Å². The van der Waals surface area contributed by atoms with Crippen LogP contribution in [-0.4, -0.2) is 29.3 Å². The fraction of sp³-hybridized carbons (Fsp3) is 0.316. The lowest BCUT2D eigenvalue weighted by atomic mass is 9.94. The summed E-state index contributed by atoms with van der Waals surface area (Å²) in [6.07, 6.45) is 2.71. The van der Waals surface area contributed by atoms with Crippen molar-refractivity contribution in [2.75, 3.05) is 6.54 Å². The summed E-state index contributed by atoms with van der Waals surface area (Å²) in [6, 6.07) is 11.8. The second-order valence-electron chi connectivity index (χ2n) is 6.01. The Morgan fingerprint density at radius 2 is 2.04 bits per heavy atom. The molecule has 1 amide bonds. The van der Waals surface area contributed by atoms with Crippen molar-refractivity contribution in [1.82, 2.24) is 10.3 Å². The van der Waals surface area contributed by atoms with Crippen molar-refractivity contribution in [3.05, 3.63) is 65.7 Å². The molecule has 1 N–H and O–H groups in total. The fourth-order valence-corrected chi connectivity index (χ4v) is 2.77. The van der Waals surface area contributed by atoms with Gasteiger partial charge in [0.15, 0.2) is 0 Å². The Kier molecular flexibility index (Phi) is 5.38. The quantitative estimate of drug-likeness (QED) is 0.822. The van der Waals surface area contributed by atoms with Crippen molar-refractivity contribution in [2.45, 2.75) is 25.9 Å². The lowest BCUT2D eigenvalue weighted by Crippen LogP contribution is -2.39. The van der Waals surface area contributed by atoms with Crippen molar-refractivity contribution in [2.24, 2.45) is 11.1 Å². The van der Waals surface area contributed by atoms with Crippen molar-refractivity contribution >= 4 is 11.6 Å². The maximum atomic E-state index is 13.0. The molecule has 5 nitrogen and oxygen atoms in total. The van der Waals surface area contributed by atoms with Gasteiger partial charge in [0.05, 0.1) is 11.6 Å². The molecule has 1 aromatic heterocycles. The molecule has 25 heavy (non-hydrogen) atoms. The third kappa shape index (κ3) is 4.21. The van der Waals surface area contributed by atoms with Crippen LogP contribution in [0, 0.1) is 11.7 Å². The number of benzene rings is 1. The van der Waals surface area contributed by atoms with E-state index in [-0.39, 0.29) is 17.6 Å². The average Bonchev–Trinajstić information content (AvgIpc) is 3.02. The number of halogens is 1. The summed E-state index contributed by atoms with van der Waals surface area (Å²) in [5, 5.41) is 6.90. The molecule has 0 saturated carbocycles. The molecule has 1 aliphatic rings. The van der Waals surface area contributed by atoms with Gasteiger partial charge in [-0.15, -0.1) is 0 Å². The molecule has 0 radical (unpaired) electrons. The number of nitrogens with zero attached hydrogens (tertiary/aromatic N) is 2. The summed E-state index contributed by atoms with van der Waals surface area (Å²) < 4.78 is 13.0. The van der Waals surface area contributed by atoms with Gasteiger partial charge in [-0.25, -0.2) is 4.39 Å². The highest BCUT2D eigenvalue weighted by Gasteiger charge is 2.36. The SMILES string of the molecule is CC1C(c2ccc(F)cc2)=NOC1C(=O)NCCCc1ccccn1. The average molecular weight is 341 g/mol. The van der Waals surface area contributed by atoms with Gasteiger partial charge in [-0.1, -0.05) is 30.3 Å². The molecule has 3 rings (SSSR count). The minimum absolute atomic E-state index is 0.186. The van der Waals surface area contributed by atoms with Crippen LogP contribution in [0.2, 0.25) is 0 Å². The van der Waals surface area contributed by atoms with Crippen LogP contribution in [0.1, 0.15) is 24.6 Å². The van der Waals surface area contributed by atoms with Crippen molar-refractivity contribution in [3.8, 4) is 0 Å². The molecule has 130 valence electrons. The number of amides is 1. The Labute approximate surface area is 145 Å². The number of carbonyl (C=O) groups is 1. The third-order valence-corrected chi connectivity index (χ3v) is 4.18. The van der Waals surface area contributed by atoms with Gasteiger partial charge in [0.2, 0.25) is 6.10 Å². The van der Waals surface area contributed by atoms with E-state index < -0.39 is 6.10 Å². The Bertz CT molecular complexity index is 747. The zero-order valence-electron chi connectivity index (χ0n) is 14.0. The fourth-order valence-electron chi connectivity index (χ4n) is 2.77. The van der Waals surface area contributed by atoms with Gasteiger partial charge in [-0.3, -0.25) is 9.78 Å². The number of aryl methyl sites for hydroxylation is 1. The predicted octanol–water partition coefficient (Wildman–Crippen LogP) is 2.71. The standard InChI is InChI=1S/C19H20FN3O2/c1-13-17(14-7-9-15(20)10-8-14)23-25-18(13)19(24)22-12-4-6-16-5-2-3-11-21-16/h2-3,5,7-11,13,18H,4,6,12H2,1H3,(H,22,24). The summed E-state index contributed by atoms with van der Waals surface area (Å²) in [5.74, 6) is -0.686. The molecule has 2 unspecified atom stereocenters. The number of nitrogens with one attached hydrogen (secondary N) is 1. The normalized spacial score (nSPS) is 19.2. The Morgan fingerprint density at radius 1 is 1.24 bits per heavy atom. The van der Waals surface area contributed by atoms with E-state index in [4.69, 9.17) is 4.84 Å². The van der Waals surface area contributed by atoms with Crippen LogP contribution in [0.5, 0.6) is 0 Å². The number of rotatable bonds is 6. The van der Waals surface area contributed by atoms with E-state index in [0.29, 0.717) is 12.3 Å². The first-order chi connectivity index (χ1) is 12.1. The van der Waals surface area contributed by atoms with Crippen LogP contribution >= 0.6 is 0 Å². The third-order valence-electron chi connectivity index (χ3n) is 4.18. The van der Waals surface area contributed by atoms with Crippen LogP contribution < -0.4 is 5.32 Å². The number of hydrogen-bond donors (Lipinski definition) is 1. The minimum atomic E-state index is -0.657. The Hall–Kier alpha value is -2.76. The van der Waals surface area contributed by atoms with Crippen LogP contribution in [0.25, 0.3) is 0 Å². The summed E-state index contributed by atoms with van der Waals surface area (Å²) in [7, 11) is 0. The maximum Gasteiger partial charge on any atom is 0.264 e. The van der Waals surface area contributed by atoms with Gasteiger partial charge in [0.1, 0.15) is 5.82 Å². The monoisotopic (exact) mass is 341 g/mol. The molecule has 6 heteroatoms. The lowest BCUT2D eigenvalue weighted by molar-refractivity contribution is -0.132. The highest BCUT2D eigenvalue weighted by molar-refractivity contribution is 6.05. The van der Waals surface area contributed by atoms with Crippen LogP contribution in [0.15, 0.2) is 53.8 Å². The Morgan fingerprint density at radius 3 is 2.76 bits per heavy atom. The maximum absolute atomic E-state index is 13.0. The number of oxime groups is 1. The summed E-state index contributed by atoms with van der Waals surface area (Å²) in [4.78, 5) is 21.9. The topological polar surface area (TPSA) is 63.6 Å². The van der Waals surface area contributed by atoms with Gasteiger partial charge in [-0.2, -0.15) is 0 Å². The van der Waals surface area contributed by atoms with Gasteiger partial charge in [0, 0.05) is 18.4 Å². The number of aromatic nitrogens is 1. The van der Waals surface area contributed by atoms with Crippen molar-refractivity contribution < 1.29 is 14.0 Å². The summed E-state index contributed by atoms with van der Waals surface area (Å²) >= 11 is 0. The van der Waals surface area contributed by atoms with Crippen LogP contribution in [0.3, 0.4) is 0 Å². The summed E-state index contributed by atoms with van der Waals surface area (Å²) in [6.45, 7) is 2.43. The first-order valence-electron chi connectivity index (χ1n) is 8.32. The molecule has 0 saturated heterocycles. The van der Waals surface area contributed by atoms with E-state index >= 15 is 0 Å². The van der Waals surface area contributed by atoms with E-state index in [0.717, 1.165) is 24.1 Å². The van der Waals surface area contributed by atoms with Gasteiger partial charge < -0.3 is 10.2 Å². The zero-order valence-corrected chi connectivity index (χ0v) is 14.0. The second-order valence-corrected chi connectivity index (χ2v) is 6.01. The largest absolute Gasteiger partial charge is 0.381 e. The molecular weight excluding hydrogens is 321 g/mol. The van der Waals surface area contributed by atoms with Gasteiger partial charge >= 0.3 is 0 Å². The molecule has 0 spiro atoms. The minimum Gasteiger partial charge on any atom is -0.381 e. The highest BCUT2D eigenvalue weighted by Crippen LogP contribution is 2.23. The molecule has 1 aromatic carbocycles. The van der Waals surface area contributed by atoms with Gasteiger partial charge in [-0.05, 0) is 42.7 Å². The van der Waals surface area contributed by atoms with Gasteiger partial charge in [0.25, 0.3) is 5.91 Å². The van der Waals surface area contributed by atoms with E-state index in [1.807, 2.05) is 25.1 Å². The van der Waals surface area contributed by atoms with Crippen LogP contribution in [0.4, 0.5) is 4.39 Å². The summed E-state index contributed by atoms with van der Waals surface area (Å²) in [5.41, 5.74) is 2.43. The van der Waals surface area contributed by atoms with Crippen molar-refractivity contribution in [1.29, 1.82) is 0 Å². The predicted molar refractivity (Wildman–Crippen MR) is 92.5 cm³/mol. The van der Waals surface area contributed by atoms with E-state index in [1.54, 1.807) is 18.3 Å². The lowest BCUT2D eigenvalue weighted by Gasteiger charge is -2.14. The van der Waals surface area contributed by atoms with E-state index in [1.165, 1.54) is 12.1 Å². The Balaban J connectivity index is 1.48. The molecular formula is C19H20FN3O2. The zero-order chi connectivity index (χ0) is 17.6. The number of carbonyl (C=O) groups excluding carboxylic acids is 1. The number of pyridine rings is 1. The second kappa shape index (κ2) is 7.88. The van der Waals surface area contributed by atoms with E-state index in [9.17, 15) is 9.18 Å². The molecule has 0 bridgehead atoms. The molecule has 2 aromatic rings. The molecule has 0 fully saturated rings. The molecule has 1 aliphatic heterocycles. The number of hydrogen-bond acceptors (Lipinski definition) is 4. The highest BCUT2D eigenvalue weighted by atomic mass is 19.1. The van der Waals surface area contributed by atoms with Crippen LogP contribution in [-0.2, 0) is 16.1 Å². The first-order valence-corrected chi connectivity index (χ1v) is 8.32. The first kappa shape index (κ1) is 17.1. The molecule has 2 heterocycles. The molecule has 2 atom stereocenters. The smallest absolute Gasteiger partial charge is 0.264 e. The van der Waals surface area contributed by atoms with E-state index in [2.05, 4.69) is 15.5 Å². The molecule has 0 aliphatic carbocycles.